The molecular weight excluding hydrogens is 326 g/mol. The molecular formula is C18H26BrNO. The number of fused-ring (bicyclic) bond motifs is 1. The van der Waals surface area contributed by atoms with Crippen LogP contribution in [0.1, 0.15) is 63.5 Å². The van der Waals surface area contributed by atoms with E-state index < -0.39 is 0 Å². The van der Waals surface area contributed by atoms with Crippen molar-refractivity contribution in [1.82, 2.24) is 5.32 Å². The highest BCUT2D eigenvalue weighted by atomic mass is 79.9. The fraction of sp³-hybridized carbons (Fsp3) is 0.667. The van der Waals surface area contributed by atoms with E-state index in [4.69, 9.17) is 4.74 Å². The molecule has 1 aromatic carbocycles. The van der Waals surface area contributed by atoms with Gasteiger partial charge in [-0.05, 0) is 43.7 Å². The van der Waals surface area contributed by atoms with Gasteiger partial charge in [0.1, 0.15) is 5.75 Å². The van der Waals surface area contributed by atoms with E-state index in [1.807, 2.05) is 0 Å². The van der Waals surface area contributed by atoms with Crippen LogP contribution in [-0.2, 0) is 0 Å². The number of halogens is 1. The lowest BCUT2D eigenvalue weighted by Gasteiger charge is -2.32. The van der Waals surface area contributed by atoms with Gasteiger partial charge in [-0.3, -0.25) is 0 Å². The molecule has 0 saturated heterocycles. The predicted octanol–water partition coefficient (Wildman–Crippen LogP) is 5.22. The fourth-order valence-corrected chi connectivity index (χ4v) is 4.16. The molecule has 0 radical (unpaired) electrons. The van der Waals surface area contributed by atoms with Crippen molar-refractivity contribution in [3.8, 4) is 5.75 Å². The zero-order valence-corrected chi connectivity index (χ0v) is 14.5. The first-order valence-electron chi connectivity index (χ1n) is 8.44. The van der Waals surface area contributed by atoms with Gasteiger partial charge in [0, 0.05) is 22.1 Å². The summed E-state index contributed by atoms with van der Waals surface area (Å²) in [6, 6.07) is 7.62. The summed E-state index contributed by atoms with van der Waals surface area (Å²) in [6.45, 7) is 3.17. The third-order valence-electron chi connectivity index (χ3n) is 5.04. The summed E-state index contributed by atoms with van der Waals surface area (Å²) < 4.78 is 7.02. The number of rotatable bonds is 3. The summed E-state index contributed by atoms with van der Waals surface area (Å²) in [7, 11) is 0. The van der Waals surface area contributed by atoms with Crippen molar-refractivity contribution >= 4 is 15.9 Å². The van der Waals surface area contributed by atoms with Crippen molar-refractivity contribution in [2.45, 2.75) is 64.0 Å². The number of hydrogen-bond donors (Lipinski definition) is 1. The molecule has 21 heavy (non-hydrogen) atoms. The molecule has 3 heteroatoms. The van der Waals surface area contributed by atoms with Gasteiger partial charge in [-0.15, -0.1) is 0 Å². The molecule has 3 atom stereocenters. The molecule has 0 spiro atoms. The Hall–Kier alpha value is -0.540. The molecule has 116 valence electrons. The monoisotopic (exact) mass is 351 g/mol. The van der Waals surface area contributed by atoms with Crippen molar-refractivity contribution in [2.75, 3.05) is 6.61 Å². The number of nitrogens with one attached hydrogen (secondary N) is 1. The second-order valence-corrected chi connectivity index (χ2v) is 7.45. The molecule has 0 aromatic heterocycles. The normalized spacial score (nSPS) is 29.3. The second-order valence-electron chi connectivity index (χ2n) is 6.53. The van der Waals surface area contributed by atoms with E-state index in [1.165, 1.54) is 44.1 Å². The van der Waals surface area contributed by atoms with E-state index in [9.17, 15) is 0 Å². The Morgan fingerprint density at radius 3 is 3.00 bits per heavy atom. The van der Waals surface area contributed by atoms with Gasteiger partial charge < -0.3 is 10.1 Å². The molecule has 1 aromatic rings. The summed E-state index contributed by atoms with van der Waals surface area (Å²) in [6.07, 6.45) is 9.13. The zero-order chi connectivity index (χ0) is 14.7. The van der Waals surface area contributed by atoms with Gasteiger partial charge in [-0.1, -0.05) is 48.2 Å². The highest BCUT2D eigenvalue weighted by molar-refractivity contribution is 9.10. The van der Waals surface area contributed by atoms with Gasteiger partial charge in [-0.2, -0.15) is 0 Å². The average molecular weight is 352 g/mol. The SMILES string of the molecule is CCC1CCCC(NC2CCCOc3cc(Br)ccc32)C1. The number of benzene rings is 1. The Labute approximate surface area is 136 Å². The summed E-state index contributed by atoms with van der Waals surface area (Å²) >= 11 is 3.55. The van der Waals surface area contributed by atoms with Crippen molar-refractivity contribution in [3.63, 3.8) is 0 Å². The minimum atomic E-state index is 0.455. The van der Waals surface area contributed by atoms with Gasteiger partial charge in [0.25, 0.3) is 0 Å². The second kappa shape index (κ2) is 7.15. The lowest BCUT2D eigenvalue weighted by molar-refractivity contribution is 0.257. The van der Waals surface area contributed by atoms with Crippen molar-refractivity contribution in [1.29, 1.82) is 0 Å². The molecule has 1 heterocycles. The summed E-state index contributed by atoms with van der Waals surface area (Å²) in [4.78, 5) is 0. The molecule has 1 saturated carbocycles. The fourth-order valence-electron chi connectivity index (χ4n) is 3.82. The molecule has 2 aliphatic rings. The van der Waals surface area contributed by atoms with Crippen LogP contribution in [0.15, 0.2) is 22.7 Å². The standard InChI is InChI=1S/C18H26BrNO/c1-2-13-5-3-6-15(11-13)20-17-7-4-10-21-18-12-14(19)8-9-16(17)18/h8-9,12-13,15,17,20H,2-7,10-11H2,1H3. The first-order valence-corrected chi connectivity index (χ1v) is 9.24. The van der Waals surface area contributed by atoms with Gasteiger partial charge in [0.15, 0.2) is 0 Å². The molecule has 0 amide bonds. The van der Waals surface area contributed by atoms with Crippen LogP contribution < -0.4 is 10.1 Å². The molecule has 0 bridgehead atoms. The zero-order valence-electron chi connectivity index (χ0n) is 12.9. The third kappa shape index (κ3) is 3.81. The van der Waals surface area contributed by atoms with Crippen molar-refractivity contribution in [2.24, 2.45) is 5.92 Å². The molecule has 3 unspecified atom stereocenters. The minimum Gasteiger partial charge on any atom is -0.493 e. The van der Waals surface area contributed by atoms with Crippen molar-refractivity contribution < 1.29 is 4.74 Å². The molecule has 1 aliphatic carbocycles. The van der Waals surface area contributed by atoms with E-state index in [0.717, 1.165) is 29.2 Å². The van der Waals surface area contributed by atoms with Crippen LogP contribution in [0.25, 0.3) is 0 Å². The summed E-state index contributed by atoms with van der Waals surface area (Å²) in [5, 5.41) is 3.94. The van der Waals surface area contributed by atoms with Gasteiger partial charge in [0.05, 0.1) is 6.61 Å². The third-order valence-corrected chi connectivity index (χ3v) is 5.54. The Morgan fingerprint density at radius 2 is 2.14 bits per heavy atom. The van der Waals surface area contributed by atoms with Crippen LogP contribution >= 0.6 is 15.9 Å². The van der Waals surface area contributed by atoms with E-state index in [2.05, 4.69) is 46.4 Å². The number of hydrogen-bond acceptors (Lipinski definition) is 2. The van der Waals surface area contributed by atoms with Gasteiger partial charge in [-0.25, -0.2) is 0 Å². The van der Waals surface area contributed by atoms with Crippen LogP contribution in [0.2, 0.25) is 0 Å². The van der Waals surface area contributed by atoms with Crippen LogP contribution in [0.5, 0.6) is 5.75 Å². The highest BCUT2D eigenvalue weighted by Gasteiger charge is 2.26. The van der Waals surface area contributed by atoms with Crippen LogP contribution in [0.3, 0.4) is 0 Å². The largest absolute Gasteiger partial charge is 0.493 e. The summed E-state index contributed by atoms with van der Waals surface area (Å²) in [5.41, 5.74) is 1.34. The topological polar surface area (TPSA) is 21.3 Å². The Morgan fingerprint density at radius 1 is 1.24 bits per heavy atom. The van der Waals surface area contributed by atoms with Gasteiger partial charge >= 0.3 is 0 Å². The average Bonchev–Trinajstić information content (AvgIpc) is 2.69. The van der Waals surface area contributed by atoms with E-state index in [1.54, 1.807) is 0 Å². The Bertz CT molecular complexity index is 476. The maximum absolute atomic E-state index is 5.92. The smallest absolute Gasteiger partial charge is 0.125 e. The van der Waals surface area contributed by atoms with Gasteiger partial charge in [0.2, 0.25) is 0 Å². The maximum atomic E-state index is 5.92. The lowest BCUT2D eigenvalue weighted by Crippen LogP contribution is -2.36. The predicted molar refractivity (Wildman–Crippen MR) is 90.8 cm³/mol. The number of ether oxygens (including phenoxy) is 1. The first kappa shape index (κ1) is 15.4. The first-order chi connectivity index (χ1) is 10.3. The summed E-state index contributed by atoms with van der Waals surface area (Å²) in [5.74, 6) is 1.98. The molecule has 2 nitrogen and oxygen atoms in total. The highest BCUT2D eigenvalue weighted by Crippen LogP contribution is 2.35. The maximum Gasteiger partial charge on any atom is 0.125 e. The lowest BCUT2D eigenvalue weighted by atomic mass is 9.83. The van der Waals surface area contributed by atoms with E-state index in [-0.39, 0.29) is 0 Å². The Kier molecular flexibility index (Phi) is 5.23. The van der Waals surface area contributed by atoms with Crippen molar-refractivity contribution in [3.05, 3.63) is 28.2 Å². The minimum absolute atomic E-state index is 0.455. The Balaban J connectivity index is 1.73. The molecule has 1 aliphatic heterocycles. The van der Waals surface area contributed by atoms with Crippen LogP contribution in [-0.4, -0.2) is 12.6 Å². The molecule has 3 rings (SSSR count). The quantitative estimate of drug-likeness (QED) is 0.805. The molecule has 1 N–H and O–H groups in total. The molecule has 1 fully saturated rings. The van der Waals surface area contributed by atoms with Crippen LogP contribution in [0.4, 0.5) is 0 Å². The van der Waals surface area contributed by atoms with E-state index in [0.29, 0.717) is 12.1 Å². The van der Waals surface area contributed by atoms with E-state index >= 15 is 0 Å². The van der Waals surface area contributed by atoms with Crippen LogP contribution in [0, 0.1) is 5.92 Å².